The van der Waals surface area contributed by atoms with Crippen LogP contribution in [0.2, 0.25) is 0 Å². The van der Waals surface area contributed by atoms with Crippen molar-refractivity contribution < 1.29 is 9.50 Å². The zero-order chi connectivity index (χ0) is 7.56. The summed E-state index contributed by atoms with van der Waals surface area (Å²) in [6.07, 6.45) is 1.61. The standard InChI is InChI=1S/C8H15FO/c1-2-6-3-4-7(9)8(10)5-6/h6-8,10H,2-5H2,1H3. The lowest BCUT2D eigenvalue weighted by atomic mass is 9.85. The summed E-state index contributed by atoms with van der Waals surface area (Å²) in [5.74, 6) is 0.557. The monoisotopic (exact) mass is 146 g/mol. The predicted molar refractivity (Wildman–Crippen MR) is 38.5 cm³/mol. The lowest BCUT2D eigenvalue weighted by Crippen LogP contribution is -2.30. The van der Waals surface area contributed by atoms with Gasteiger partial charge in [-0.2, -0.15) is 0 Å². The highest BCUT2D eigenvalue weighted by Gasteiger charge is 2.27. The third-order valence-corrected chi connectivity index (χ3v) is 2.42. The molecule has 1 aliphatic carbocycles. The van der Waals surface area contributed by atoms with Gasteiger partial charge >= 0.3 is 0 Å². The van der Waals surface area contributed by atoms with Gasteiger partial charge in [0.05, 0.1) is 6.10 Å². The summed E-state index contributed by atoms with van der Waals surface area (Å²) in [5, 5.41) is 9.10. The number of rotatable bonds is 1. The largest absolute Gasteiger partial charge is 0.390 e. The minimum Gasteiger partial charge on any atom is -0.390 e. The molecule has 2 heteroatoms. The van der Waals surface area contributed by atoms with Gasteiger partial charge in [0.15, 0.2) is 0 Å². The van der Waals surface area contributed by atoms with E-state index in [1.54, 1.807) is 0 Å². The molecule has 1 rings (SSSR count). The molecule has 0 heterocycles. The Morgan fingerprint density at radius 3 is 2.70 bits per heavy atom. The van der Waals surface area contributed by atoms with Crippen LogP contribution in [-0.4, -0.2) is 17.4 Å². The highest BCUT2D eigenvalue weighted by molar-refractivity contribution is 4.78. The molecule has 0 aromatic heterocycles. The van der Waals surface area contributed by atoms with Crippen molar-refractivity contribution in [3.8, 4) is 0 Å². The van der Waals surface area contributed by atoms with E-state index in [9.17, 15) is 4.39 Å². The molecule has 1 saturated carbocycles. The smallest absolute Gasteiger partial charge is 0.126 e. The molecule has 1 fully saturated rings. The van der Waals surface area contributed by atoms with E-state index in [1.807, 2.05) is 0 Å². The Morgan fingerprint density at radius 1 is 1.50 bits per heavy atom. The van der Waals surface area contributed by atoms with Gasteiger partial charge in [0.1, 0.15) is 6.17 Å². The van der Waals surface area contributed by atoms with E-state index >= 15 is 0 Å². The van der Waals surface area contributed by atoms with Crippen LogP contribution in [0.25, 0.3) is 0 Å². The molecule has 1 aliphatic rings. The second-order valence-corrected chi connectivity index (χ2v) is 3.17. The maximum Gasteiger partial charge on any atom is 0.126 e. The van der Waals surface area contributed by atoms with E-state index in [1.165, 1.54) is 0 Å². The maximum absolute atomic E-state index is 12.6. The topological polar surface area (TPSA) is 20.2 Å². The summed E-state index contributed by atoms with van der Waals surface area (Å²) in [4.78, 5) is 0. The van der Waals surface area contributed by atoms with E-state index in [4.69, 9.17) is 5.11 Å². The fourth-order valence-electron chi connectivity index (χ4n) is 1.57. The van der Waals surface area contributed by atoms with E-state index in [0.29, 0.717) is 18.8 Å². The molecule has 0 radical (unpaired) electrons. The zero-order valence-corrected chi connectivity index (χ0v) is 6.39. The summed E-state index contributed by atoms with van der Waals surface area (Å²) >= 11 is 0. The molecule has 0 amide bonds. The Labute approximate surface area is 61.2 Å². The molecule has 60 valence electrons. The molecule has 1 nitrogen and oxygen atoms in total. The maximum atomic E-state index is 12.6. The number of hydrogen-bond donors (Lipinski definition) is 1. The van der Waals surface area contributed by atoms with E-state index < -0.39 is 12.3 Å². The lowest BCUT2D eigenvalue weighted by molar-refractivity contribution is 0.0218. The zero-order valence-electron chi connectivity index (χ0n) is 6.39. The van der Waals surface area contributed by atoms with E-state index in [2.05, 4.69) is 6.92 Å². The highest BCUT2D eigenvalue weighted by Crippen LogP contribution is 2.28. The van der Waals surface area contributed by atoms with Crippen LogP contribution in [-0.2, 0) is 0 Å². The number of aliphatic hydroxyl groups is 1. The third-order valence-electron chi connectivity index (χ3n) is 2.42. The second kappa shape index (κ2) is 3.33. The van der Waals surface area contributed by atoms with E-state index in [-0.39, 0.29) is 0 Å². The molecule has 0 saturated heterocycles. The Morgan fingerprint density at radius 2 is 2.20 bits per heavy atom. The Hall–Kier alpha value is -0.110. The molecule has 0 spiro atoms. The van der Waals surface area contributed by atoms with Gasteiger partial charge in [0, 0.05) is 0 Å². The summed E-state index contributed by atoms with van der Waals surface area (Å²) in [6.45, 7) is 2.09. The second-order valence-electron chi connectivity index (χ2n) is 3.17. The summed E-state index contributed by atoms with van der Waals surface area (Å²) in [5.41, 5.74) is 0. The first-order valence-corrected chi connectivity index (χ1v) is 4.06. The SMILES string of the molecule is CCC1CCC(F)C(O)C1. The van der Waals surface area contributed by atoms with Crippen LogP contribution in [0.5, 0.6) is 0 Å². The predicted octanol–water partition coefficient (Wildman–Crippen LogP) is 1.90. The number of alkyl halides is 1. The molecule has 3 atom stereocenters. The number of hydrogen-bond acceptors (Lipinski definition) is 1. The quantitative estimate of drug-likeness (QED) is 0.599. The van der Waals surface area contributed by atoms with Crippen molar-refractivity contribution in [2.75, 3.05) is 0 Å². The number of halogens is 1. The highest BCUT2D eigenvalue weighted by atomic mass is 19.1. The van der Waals surface area contributed by atoms with Crippen molar-refractivity contribution in [1.29, 1.82) is 0 Å². The van der Waals surface area contributed by atoms with Gasteiger partial charge in [0.25, 0.3) is 0 Å². The van der Waals surface area contributed by atoms with Crippen molar-refractivity contribution in [2.45, 2.75) is 44.9 Å². The summed E-state index contributed by atoms with van der Waals surface area (Å²) in [7, 11) is 0. The van der Waals surface area contributed by atoms with Crippen molar-refractivity contribution in [2.24, 2.45) is 5.92 Å². The summed E-state index contributed by atoms with van der Waals surface area (Å²) in [6, 6.07) is 0. The Kier molecular flexibility index (Phi) is 2.66. The third kappa shape index (κ3) is 1.69. The molecule has 10 heavy (non-hydrogen) atoms. The first-order chi connectivity index (χ1) is 4.74. The van der Waals surface area contributed by atoms with Gasteiger partial charge < -0.3 is 5.11 Å². The van der Waals surface area contributed by atoms with Crippen molar-refractivity contribution in [3.63, 3.8) is 0 Å². The summed E-state index contributed by atoms with van der Waals surface area (Å²) < 4.78 is 12.6. The first kappa shape index (κ1) is 7.99. The number of aliphatic hydroxyl groups excluding tert-OH is 1. The first-order valence-electron chi connectivity index (χ1n) is 4.06. The van der Waals surface area contributed by atoms with Crippen LogP contribution in [0.1, 0.15) is 32.6 Å². The van der Waals surface area contributed by atoms with Crippen LogP contribution in [0.4, 0.5) is 4.39 Å². The van der Waals surface area contributed by atoms with Gasteiger partial charge in [-0.1, -0.05) is 13.3 Å². The van der Waals surface area contributed by atoms with Crippen LogP contribution in [0, 0.1) is 5.92 Å². The van der Waals surface area contributed by atoms with Gasteiger partial charge in [-0.25, -0.2) is 4.39 Å². The van der Waals surface area contributed by atoms with Crippen LogP contribution >= 0.6 is 0 Å². The average molecular weight is 146 g/mol. The molecule has 0 bridgehead atoms. The van der Waals surface area contributed by atoms with Crippen LogP contribution in [0.3, 0.4) is 0 Å². The van der Waals surface area contributed by atoms with E-state index in [0.717, 1.165) is 12.8 Å². The molecule has 0 aromatic carbocycles. The molecular formula is C8H15FO. The van der Waals surface area contributed by atoms with Gasteiger partial charge in [-0.15, -0.1) is 0 Å². The molecule has 0 aliphatic heterocycles. The van der Waals surface area contributed by atoms with Gasteiger partial charge in [-0.05, 0) is 25.2 Å². The Balaban J connectivity index is 2.33. The van der Waals surface area contributed by atoms with Gasteiger partial charge in [-0.3, -0.25) is 0 Å². The lowest BCUT2D eigenvalue weighted by Gasteiger charge is -2.27. The minimum atomic E-state index is -0.956. The van der Waals surface area contributed by atoms with Crippen molar-refractivity contribution >= 4 is 0 Å². The minimum absolute atomic E-state index is 0.555. The molecular weight excluding hydrogens is 131 g/mol. The van der Waals surface area contributed by atoms with Crippen molar-refractivity contribution in [3.05, 3.63) is 0 Å². The van der Waals surface area contributed by atoms with Crippen LogP contribution < -0.4 is 0 Å². The molecule has 1 N–H and O–H groups in total. The van der Waals surface area contributed by atoms with Crippen molar-refractivity contribution in [1.82, 2.24) is 0 Å². The van der Waals surface area contributed by atoms with Gasteiger partial charge in [0.2, 0.25) is 0 Å². The Bertz CT molecular complexity index is 105. The van der Waals surface area contributed by atoms with Crippen LogP contribution in [0.15, 0.2) is 0 Å². The molecule has 3 unspecified atom stereocenters. The normalized spacial score (nSPS) is 41.7. The fraction of sp³-hybridized carbons (Fsp3) is 1.00. The average Bonchev–Trinajstić information content (AvgIpc) is 1.95. The fourth-order valence-corrected chi connectivity index (χ4v) is 1.57. The molecule has 0 aromatic rings.